The number of carbonyl (C=O) groups excluding carboxylic acids is 3. The third-order valence-corrected chi connectivity index (χ3v) is 22.6. The van der Waals surface area contributed by atoms with Gasteiger partial charge in [-0.25, -0.2) is 4.79 Å². The van der Waals surface area contributed by atoms with Crippen LogP contribution in [0.4, 0.5) is 0 Å². The summed E-state index contributed by atoms with van der Waals surface area (Å²) in [6, 6.07) is 13.0. The topological polar surface area (TPSA) is 181 Å². The zero-order valence-corrected chi connectivity index (χ0v) is 42.6. The number of hydrogen-bond acceptors (Lipinski definition) is 13. The van der Waals surface area contributed by atoms with Crippen LogP contribution >= 0.6 is 0 Å². The second-order valence-electron chi connectivity index (χ2n) is 25.8. The monoisotopic (exact) mass is 991 g/mol. The maximum absolute atomic E-state index is 16.3. The average Bonchev–Trinajstić information content (AvgIpc) is 3.61. The first-order valence-corrected chi connectivity index (χ1v) is 28.3. The van der Waals surface area contributed by atoms with Crippen molar-refractivity contribution < 1.29 is 53.1 Å². The standard InChI is InChI=1S/C59H78N2O11/c1-33(2)38-12-8-19-56(28-38)50-49(65)51(66)58(39-13-7-11-35(24-39)23-34-9-5-4-6-10-34)46(57(50)31-69-48(64)27-47(57)71-56)16-20-55(3)52(70-54(67)53-59(55,58)72-53)41-18-22-68-45(41)26-42(44(63)30-62)36-14-15-40-37(25-36)17-21-61-32-60-29-43(40)61/h4-6,9-10,17-18,21-22,33,35-40,42-44,46-47,50-53,60,62-63,66H,7-8,11-16,19-20,23-32H2,1-3H3. The maximum Gasteiger partial charge on any atom is 0.339 e. The van der Waals surface area contributed by atoms with Gasteiger partial charge in [0, 0.05) is 40.8 Å². The normalized spacial score (nSPS) is 46.7. The Morgan fingerprint density at radius 2 is 1.78 bits per heavy atom. The summed E-state index contributed by atoms with van der Waals surface area (Å²) in [6.45, 7) is 8.18. The Balaban J connectivity index is 0.910. The van der Waals surface area contributed by atoms with Crippen molar-refractivity contribution >= 4 is 17.7 Å². The number of aliphatic hydroxyl groups excluding tert-OH is 3. The fourth-order valence-corrected chi connectivity index (χ4v) is 19.6. The molecule has 20 unspecified atom stereocenters. The van der Waals surface area contributed by atoms with Gasteiger partial charge in [-0.3, -0.25) is 14.9 Å². The first-order chi connectivity index (χ1) is 34.8. The molecule has 7 heterocycles. The zero-order valence-electron chi connectivity index (χ0n) is 42.6. The number of benzene rings is 1. The molecule has 13 nitrogen and oxygen atoms in total. The quantitative estimate of drug-likeness (QED) is 0.138. The molecule has 11 aliphatic rings. The predicted molar refractivity (Wildman–Crippen MR) is 263 cm³/mol. The third-order valence-electron chi connectivity index (χ3n) is 22.6. The second kappa shape index (κ2) is 17.5. The van der Waals surface area contributed by atoms with E-state index in [1.165, 1.54) is 5.56 Å². The van der Waals surface area contributed by atoms with E-state index in [9.17, 15) is 20.1 Å². The van der Waals surface area contributed by atoms with E-state index >= 15 is 9.59 Å². The van der Waals surface area contributed by atoms with Gasteiger partial charge < -0.3 is 43.6 Å². The molecule has 1 aromatic carbocycles. The number of epoxide rings is 1. The van der Waals surface area contributed by atoms with Crippen molar-refractivity contribution in [1.29, 1.82) is 0 Å². The van der Waals surface area contributed by atoms with Gasteiger partial charge in [-0.2, -0.15) is 0 Å². The summed E-state index contributed by atoms with van der Waals surface area (Å²) in [5.41, 5.74) is -3.27. The highest BCUT2D eigenvalue weighted by molar-refractivity contribution is 5.92. The van der Waals surface area contributed by atoms with Crippen molar-refractivity contribution in [2.24, 2.45) is 75.4 Å². The van der Waals surface area contributed by atoms with Crippen LogP contribution in [0.2, 0.25) is 0 Å². The first-order valence-electron chi connectivity index (χ1n) is 28.3. The van der Waals surface area contributed by atoms with Gasteiger partial charge in [0.15, 0.2) is 11.9 Å². The molecule has 5 saturated heterocycles. The van der Waals surface area contributed by atoms with Crippen LogP contribution in [0.15, 0.2) is 59.4 Å². The van der Waals surface area contributed by atoms with Crippen molar-refractivity contribution in [2.75, 3.05) is 26.4 Å². The number of furan rings is 1. The number of ether oxygens (including phenoxy) is 4. The van der Waals surface area contributed by atoms with Crippen LogP contribution in [-0.2, 0) is 46.2 Å². The zero-order chi connectivity index (χ0) is 49.5. The minimum Gasteiger partial charge on any atom is -0.469 e. The van der Waals surface area contributed by atoms with Crippen molar-refractivity contribution in [3.8, 4) is 0 Å². The largest absolute Gasteiger partial charge is 0.469 e. The molecule has 6 aliphatic heterocycles. The number of Topliss-reactive ketones (excluding diaryl/α,β-unsaturated/α-hetero) is 1. The number of nitrogens with zero attached hydrogens (tertiary/aromatic N) is 1. The van der Waals surface area contributed by atoms with E-state index in [4.69, 9.17) is 23.4 Å². The molecule has 13 rings (SSSR count). The smallest absolute Gasteiger partial charge is 0.339 e. The fraction of sp³-hybridized carbons (Fsp3) is 0.746. The molecule has 4 N–H and O–H groups in total. The van der Waals surface area contributed by atoms with Gasteiger partial charge in [-0.05, 0) is 142 Å². The SMILES string of the molecule is CC(C)C1CCCC2(C1)OC1CC(=O)OCC13C2C(=O)C(O)C1(C2CCCC(Cc4ccccc4)C2)C3CCC2(C)C(c3ccoc3CC(C(O)CO)C3CCC4C(C=CN5CNCC45)C3)OC(=O)C3OC321. The molecule has 0 radical (unpaired) electrons. The lowest BCUT2D eigenvalue weighted by atomic mass is 9.32. The van der Waals surface area contributed by atoms with Crippen LogP contribution in [0.3, 0.4) is 0 Å². The summed E-state index contributed by atoms with van der Waals surface area (Å²) in [4.78, 5) is 47.4. The number of allylic oxidation sites excluding steroid dienone is 1. The number of esters is 2. The van der Waals surface area contributed by atoms with E-state index in [1.807, 2.05) is 12.1 Å². The van der Waals surface area contributed by atoms with Crippen LogP contribution in [0, 0.1) is 75.4 Å². The minimum atomic E-state index is -1.46. The van der Waals surface area contributed by atoms with E-state index in [2.05, 4.69) is 67.5 Å². The highest BCUT2D eigenvalue weighted by Crippen LogP contribution is 2.83. The Hall–Kier alpha value is -3.59. The van der Waals surface area contributed by atoms with Crippen molar-refractivity contribution in [3.63, 3.8) is 0 Å². The second-order valence-corrected chi connectivity index (χ2v) is 25.8. The lowest BCUT2D eigenvalue weighted by Gasteiger charge is -2.70. The minimum absolute atomic E-state index is 0.0421. The van der Waals surface area contributed by atoms with Crippen LogP contribution in [0.1, 0.15) is 134 Å². The summed E-state index contributed by atoms with van der Waals surface area (Å²) >= 11 is 0. The number of nitrogens with one attached hydrogen (secondary N) is 1. The van der Waals surface area contributed by atoms with Gasteiger partial charge in [0.05, 0.1) is 49.7 Å². The molecule has 2 aromatic rings. The fourth-order valence-electron chi connectivity index (χ4n) is 19.6. The van der Waals surface area contributed by atoms with Gasteiger partial charge in [0.2, 0.25) is 0 Å². The summed E-state index contributed by atoms with van der Waals surface area (Å²) in [5.74, 6) is 0.0345. The van der Waals surface area contributed by atoms with E-state index in [1.54, 1.807) is 6.26 Å². The summed E-state index contributed by atoms with van der Waals surface area (Å²) < 4.78 is 34.1. The number of rotatable bonds is 10. The Morgan fingerprint density at radius 1 is 0.931 bits per heavy atom. The Bertz CT molecular complexity index is 2460. The van der Waals surface area contributed by atoms with Gasteiger partial charge in [-0.1, -0.05) is 76.4 Å². The summed E-state index contributed by atoms with van der Waals surface area (Å²) in [5, 5.41) is 39.7. The number of hydrogen-bond donors (Lipinski definition) is 4. The molecule has 13 heteroatoms. The number of ketones is 1. The Morgan fingerprint density at radius 3 is 2.60 bits per heavy atom. The predicted octanol–water partition coefficient (Wildman–Crippen LogP) is 7.25. The molecule has 1 aromatic heterocycles. The number of cyclic esters (lactones) is 2. The molecule has 0 bridgehead atoms. The van der Waals surface area contributed by atoms with E-state index in [0.29, 0.717) is 67.6 Å². The maximum atomic E-state index is 16.3. The van der Waals surface area contributed by atoms with Crippen LogP contribution in [0.5, 0.6) is 0 Å². The van der Waals surface area contributed by atoms with E-state index in [-0.39, 0.29) is 61.0 Å². The van der Waals surface area contributed by atoms with Crippen molar-refractivity contribution in [2.45, 2.75) is 171 Å². The summed E-state index contributed by atoms with van der Waals surface area (Å²) in [7, 11) is 0. The molecule has 72 heavy (non-hydrogen) atoms. The highest BCUT2D eigenvalue weighted by atomic mass is 16.7. The molecule has 10 fully saturated rings. The molecule has 5 saturated carbocycles. The molecule has 20 atom stereocenters. The van der Waals surface area contributed by atoms with Crippen LogP contribution < -0.4 is 5.32 Å². The molecule has 0 amide bonds. The van der Waals surface area contributed by atoms with Gasteiger partial charge >= 0.3 is 11.9 Å². The Labute approximate surface area is 424 Å². The number of carbonyl (C=O) groups is 3. The molecule has 390 valence electrons. The van der Waals surface area contributed by atoms with Crippen molar-refractivity contribution in [3.05, 3.63) is 71.8 Å². The van der Waals surface area contributed by atoms with Crippen molar-refractivity contribution in [1.82, 2.24) is 10.2 Å². The van der Waals surface area contributed by atoms with Gasteiger partial charge in [0.1, 0.15) is 30.2 Å². The summed E-state index contributed by atoms with van der Waals surface area (Å²) in [6.07, 6.45) is 13.4. The molecule has 5 aliphatic carbocycles. The lowest BCUT2D eigenvalue weighted by Crippen LogP contribution is -2.79. The molecule has 3 spiro atoms. The van der Waals surface area contributed by atoms with Gasteiger partial charge in [-0.15, -0.1) is 0 Å². The lowest BCUT2D eigenvalue weighted by molar-refractivity contribution is -0.277. The molecular formula is C59H78N2O11. The third kappa shape index (κ3) is 6.67. The van der Waals surface area contributed by atoms with Gasteiger partial charge in [0.25, 0.3) is 0 Å². The van der Waals surface area contributed by atoms with Crippen LogP contribution in [-0.4, -0.2) is 106 Å². The first kappa shape index (κ1) is 48.1. The van der Waals surface area contributed by atoms with E-state index < -0.39 is 69.9 Å². The molecular weight excluding hydrogens is 913 g/mol. The average molecular weight is 991 g/mol. The highest BCUT2D eigenvalue weighted by Gasteiger charge is 2.93. The Kier molecular flexibility index (Phi) is 11.7. The van der Waals surface area contributed by atoms with E-state index in [0.717, 1.165) is 83.0 Å². The number of fused-ring (bicyclic) bond motifs is 5. The van der Waals surface area contributed by atoms with Crippen LogP contribution in [0.25, 0.3) is 0 Å². The number of aliphatic hydroxyl groups is 3.